The quantitative estimate of drug-likeness (QED) is 0.839. The third-order valence-corrected chi connectivity index (χ3v) is 5.81. The minimum Gasteiger partial charge on any atom is -0.354 e. The van der Waals surface area contributed by atoms with Crippen LogP contribution in [0.5, 0.6) is 0 Å². The molecule has 2 fully saturated rings. The van der Waals surface area contributed by atoms with Gasteiger partial charge >= 0.3 is 0 Å². The summed E-state index contributed by atoms with van der Waals surface area (Å²) in [7, 11) is 0. The molecule has 1 aliphatic heterocycles. The molecular weight excluding hydrogens is 312 g/mol. The van der Waals surface area contributed by atoms with E-state index in [0.29, 0.717) is 6.54 Å². The molecule has 1 saturated carbocycles. The SMILES string of the molecule is O=C(CN1C(=O)CC2(CCCCC2)C1=O)NCCc1cccs1. The third-order valence-electron chi connectivity index (χ3n) is 4.88. The smallest absolute Gasteiger partial charge is 0.240 e. The first-order chi connectivity index (χ1) is 11.1. The topological polar surface area (TPSA) is 66.5 Å². The summed E-state index contributed by atoms with van der Waals surface area (Å²) in [5, 5.41) is 4.80. The van der Waals surface area contributed by atoms with E-state index < -0.39 is 5.41 Å². The Labute approximate surface area is 140 Å². The molecule has 2 heterocycles. The zero-order valence-electron chi connectivity index (χ0n) is 13.2. The van der Waals surface area contributed by atoms with E-state index in [1.807, 2.05) is 17.5 Å². The van der Waals surface area contributed by atoms with E-state index in [1.165, 1.54) is 9.78 Å². The molecule has 0 atom stereocenters. The summed E-state index contributed by atoms with van der Waals surface area (Å²) >= 11 is 1.65. The van der Waals surface area contributed by atoms with Crippen LogP contribution in [0.3, 0.4) is 0 Å². The maximum absolute atomic E-state index is 12.6. The lowest BCUT2D eigenvalue weighted by Gasteiger charge is -2.30. The average Bonchev–Trinajstić information content (AvgIpc) is 3.12. The molecule has 5 nitrogen and oxygen atoms in total. The Balaban J connectivity index is 1.51. The molecular formula is C17H22N2O3S. The predicted molar refractivity (Wildman–Crippen MR) is 87.9 cm³/mol. The molecule has 1 N–H and O–H groups in total. The Morgan fingerprint density at radius 2 is 2.04 bits per heavy atom. The number of nitrogens with one attached hydrogen (secondary N) is 1. The number of nitrogens with zero attached hydrogens (tertiary/aromatic N) is 1. The fourth-order valence-corrected chi connectivity index (χ4v) is 4.33. The van der Waals surface area contributed by atoms with E-state index in [0.717, 1.165) is 38.5 Å². The Morgan fingerprint density at radius 3 is 2.74 bits per heavy atom. The summed E-state index contributed by atoms with van der Waals surface area (Å²) in [6.07, 6.45) is 5.76. The van der Waals surface area contributed by atoms with Gasteiger partial charge in [0.15, 0.2) is 0 Å². The number of imide groups is 1. The van der Waals surface area contributed by atoms with Crippen LogP contribution in [0.4, 0.5) is 0 Å². The number of carbonyl (C=O) groups excluding carboxylic acids is 3. The molecule has 1 aliphatic carbocycles. The maximum atomic E-state index is 12.6. The zero-order chi connectivity index (χ0) is 16.3. The monoisotopic (exact) mass is 334 g/mol. The van der Waals surface area contributed by atoms with E-state index >= 15 is 0 Å². The Kier molecular flexibility index (Phi) is 4.80. The van der Waals surface area contributed by atoms with Crippen molar-refractivity contribution in [3.05, 3.63) is 22.4 Å². The highest BCUT2D eigenvalue weighted by molar-refractivity contribution is 7.09. The number of carbonyl (C=O) groups is 3. The van der Waals surface area contributed by atoms with E-state index in [-0.39, 0.29) is 30.7 Å². The molecule has 2 aliphatic rings. The van der Waals surface area contributed by atoms with Crippen molar-refractivity contribution in [1.29, 1.82) is 0 Å². The number of rotatable bonds is 5. The van der Waals surface area contributed by atoms with Crippen molar-refractivity contribution in [1.82, 2.24) is 10.2 Å². The minimum atomic E-state index is -0.507. The van der Waals surface area contributed by atoms with Gasteiger partial charge in [0, 0.05) is 17.8 Å². The summed E-state index contributed by atoms with van der Waals surface area (Å²) in [4.78, 5) is 39.2. The molecule has 3 rings (SSSR count). The fourth-order valence-electron chi connectivity index (χ4n) is 3.62. The van der Waals surface area contributed by atoms with E-state index in [4.69, 9.17) is 0 Å². The van der Waals surface area contributed by atoms with Crippen LogP contribution < -0.4 is 5.32 Å². The van der Waals surface area contributed by atoms with Crippen LogP contribution in [-0.4, -0.2) is 35.7 Å². The normalized spacial score (nSPS) is 20.3. The first kappa shape index (κ1) is 16.2. The summed E-state index contributed by atoms with van der Waals surface area (Å²) in [5.41, 5.74) is -0.507. The molecule has 1 aromatic heterocycles. The standard InChI is InChI=1S/C17H22N2O3S/c20-14(18-9-6-13-5-4-10-23-13)12-19-15(21)11-17(16(19)22)7-2-1-3-8-17/h4-5,10H,1-3,6-9,11-12H2,(H,18,20). The van der Waals surface area contributed by atoms with Crippen LogP contribution in [-0.2, 0) is 20.8 Å². The van der Waals surface area contributed by atoms with Crippen LogP contribution in [0.2, 0.25) is 0 Å². The first-order valence-electron chi connectivity index (χ1n) is 8.25. The van der Waals surface area contributed by atoms with Gasteiger partial charge in [-0.05, 0) is 30.7 Å². The van der Waals surface area contributed by atoms with E-state index in [9.17, 15) is 14.4 Å². The molecule has 1 saturated heterocycles. The maximum Gasteiger partial charge on any atom is 0.240 e. The summed E-state index contributed by atoms with van der Waals surface area (Å²) in [6, 6.07) is 4.00. The van der Waals surface area contributed by atoms with Crippen LogP contribution in [0.1, 0.15) is 43.4 Å². The summed E-state index contributed by atoms with van der Waals surface area (Å²) < 4.78 is 0. The molecule has 3 amide bonds. The predicted octanol–water partition coefficient (Wildman–Crippen LogP) is 2.12. The van der Waals surface area contributed by atoms with Crippen molar-refractivity contribution in [3.63, 3.8) is 0 Å². The van der Waals surface area contributed by atoms with Crippen molar-refractivity contribution in [2.45, 2.75) is 44.9 Å². The largest absolute Gasteiger partial charge is 0.354 e. The molecule has 1 aromatic rings. The molecule has 124 valence electrons. The fraction of sp³-hybridized carbons (Fsp3) is 0.588. The number of amides is 3. The number of likely N-dealkylation sites (tertiary alicyclic amines) is 1. The van der Waals surface area contributed by atoms with Gasteiger partial charge in [-0.1, -0.05) is 25.3 Å². The number of hydrogen-bond acceptors (Lipinski definition) is 4. The van der Waals surface area contributed by atoms with Gasteiger partial charge < -0.3 is 5.32 Å². The van der Waals surface area contributed by atoms with Crippen LogP contribution in [0.15, 0.2) is 17.5 Å². The second-order valence-corrected chi connectivity index (χ2v) is 7.51. The molecule has 1 spiro atoms. The van der Waals surface area contributed by atoms with Crippen LogP contribution >= 0.6 is 11.3 Å². The minimum absolute atomic E-state index is 0.129. The zero-order valence-corrected chi connectivity index (χ0v) is 14.0. The number of thiophene rings is 1. The second kappa shape index (κ2) is 6.83. The van der Waals surface area contributed by atoms with Crippen molar-refractivity contribution in [2.75, 3.05) is 13.1 Å². The number of hydrogen-bond donors (Lipinski definition) is 1. The van der Waals surface area contributed by atoms with Gasteiger partial charge in [0.1, 0.15) is 6.54 Å². The van der Waals surface area contributed by atoms with Gasteiger partial charge in [0.2, 0.25) is 17.7 Å². The first-order valence-corrected chi connectivity index (χ1v) is 9.13. The highest BCUT2D eigenvalue weighted by Gasteiger charge is 2.51. The molecule has 0 unspecified atom stereocenters. The lowest BCUT2D eigenvalue weighted by Crippen LogP contribution is -2.43. The highest BCUT2D eigenvalue weighted by Crippen LogP contribution is 2.45. The second-order valence-electron chi connectivity index (χ2n) is 6.48. The van der Waals surface area contributed by atoms with Crippen LogP contribution in [0, 0.1) is 5.41 Å². The molecule has 6 heteroatoms. The summed E-state index contributed by atoms with van der Waals surface area (Å²) in [6.45, 7) is 0.393. The molecule has 0 bridgehead atoms. The van der Waals surface area contributed by atoms with E-state index in [1.54, 1.807) is 11.3 Å². The van der Waals surface area contributed by atoms with Crippen molar-refractivity contribution in [2.24, 2.45) is 5.41 Å². The van der Waals surface area contributed by atoms with Gasteiger partial charge in [0.25, 0.3) is 0 Å². The van der Waals surface area contributed by atoms with Gasteiger partial charge in [0.05, 0.1) is 5.41 Å². The molecule has 23 heavy (non-hydrogen) atoms. The highest BCUT2D eigenvalue weighted by atomic mass is 32.1. The molecule has 0 aromatic carbocycles. The van der Waals surface area contributed by atoms with Crippen molar-refractivity contribution >= 4 is 29.1 Å². The summed E-state index contributed by atoms with van der Waals surface area (Å²) in [5.74, 6) is -0.572. The van der Waals surface area contributed by atoms with Crippen LogP contribution in [0.25, 0.3) is 0 Å². The van der Waals surface area contributed by atoms with Gasteiger partial charge in [-0.25, -0.2) is 0 Å². The Morgan fingerprint density at radius 1 is 1.26 bits per heavy atom. The van der Waals surface area contributed by atoms with Gasteiger partial charge in [-0.2, -0.15) is 0 Å². The Hall–Kier alpha value is -1.69. The molecule has 0 radical (unpaired) electrons. The Bertz CT molecular complexity index is 591. The lowest BCUT2D eigenvalue weighted by molar-refractivity contribution is -0.145. The van der Waals surface area contributed by atoms with Gasteiger partial charge in [-0.3, -0.25) is 19.3 Å². The van der Waals surface area contributed by atoms with E-state index in [2.05, 4.69) is 5.32 Å². The van der Waals surface area contributed by atoms with Crippen molar-refractivity contribution < 1.29 is 14.4 Å². The third kappa shape index (κ3) is 3.47. The average molecular weight is 334 g/mol. The van der Waals surface area contributed by atoms with Gasteiger partial charge in [-0.15, -0.1) is 11.3 Å². The lowest BCUT2D eigenvalue weighted by atomic mass is 9.73. The van der Waals surface area contributed by atoms with Crippen molar-refractivity contribution in [3.8, 4) is 0 Å².